The molecular formula is C16H26N2O3S. The highest BCUT2D eigenvalue weighted by atomic mass is 32.2. The summed E-state index contributed by atoms with van der Waals surface area (Å²) in [7, 11) is 0. The first-order valence-corrected chi connectivity index (χ1v) is 9.17. The highest BCUT2D eigenvalue weighted by Crippen LogP contribution is 2.26. The number of hydrogen-bond acceptors (Lipinski definition) is 6. The van der Waals surface area contributed by atoms with Crippen LogP contribution in [0.2, 0.25) is 0 Å². The monoisotopic (exact) mass is 326 g/mol. The van der Waals surface area contributed by atoms with Crippen molar-refractivity contribution in [1.82, 2.24) is 4.90 Å². The van der Waals surface area contributed by atoms with Gasteiger partial charge in [0, 0.05) is 12.4 Å². The molecule has 0 radical (unpaired) electrons. The molecule has 2 rings (SSSR count). The van der Waals surface area contributed by atoms with Gasteiger partial charge in [-0.3, -0.25) is 4.79 Å². The van der Waals surface area contributed by atoms with Crippen LogP contribution in [-0.4, -0.2) is 47.9 Å². The Hall–Kier alpha value is -0.980. The summed E-state index contributed by atoms with van der Waals surface area (Å²) in [5.74, 6) is 0.542. The number of nitrogens with two attached hydrogens (primary N) is 1. The summed E-state index contributed by atoms with van der Waals surface area (Å²) in [5.41, 5.74) is 7.11. The van der Waals surface area contributed by atoms with Crippen LogP contribution in [-0.2, 0) is 14.3 Å². The molecule has 2 heterocycles. The molecule has 0 saturated carbocycles. The minimum Gasteiger partial charge on any atom is -0.462 e. The van der Waals surface area contributed by atoms with Gasteiger partial charge >= 0.3 is 5.97 Å². The van der Waals surface area contributed by atoms with Gasteiger partial charge in [-0.1, -0.05) is 11.6 Å². The zero-order valence-corrected chi connectivity index (χ0v) is 14.2. The Morgan fingerprint density at radius 2 is 2.41 bits per heavy atom. The number of nitrogens with zero attached hydrogens (tertiary/aromatic N) is 1. The van der Waals surface area contributed by atoms with Gasteiger partial charge in [0.15, 0.2) is 0 Å². The summed E-state index contributed by atoms with van der Waals surface area (Å²) in [4.78, 5) is 13.9. The zero-order chi connectivity index (χ0) is 15.9. The lowest BCUT2D eigenvalue weighted by Crippen LogP contribution is -2.35. The van der Waals surface area contributed by atoms with Crippen LogP contribution in [0.1, 0.15) is 32.6 Å². The molecule has 3 atom stereocenters. The summed E-state index contributed by atoms with van der Waals surface area (Å²) >= 11 is 1.68. The van der Waals surface area contributed by atoms with Crippen molar-refractivity contribution in [2.75, 3.05) is 18.6 Å². The summed E-state index contributed by atoms with van der Waals surface area (Å²) in [5, 5.41) is 0. The van der Waals surface area contributed by atoms with Crippen LogP contribution >= 0.6 is 11.8 Å². The molecule has 0 aromatic heterocycles. The molecule has 1 fully saturated rings. The maximum atomic E-state index is 11.8. The van der Waals surface area contributed by atoms with E-state index >= 15 is 0 Å². The fourth-order valence-corrected chi connectivity index (χ4v) is 3.05. The Bertz CT molecular complexity index is 439. The number of carbonyl (C=O) groups excluding carboxylic acids is 1. The molecular weight excluding hydrogens is 300 g/mol. The summed E-state index contributed by atoms with van der Waals surface area (Å²) < 4.78 is 11.3. The summed E-state index contributed by atoms with van der Waals surface area (Å²) in [6.07, 6.45) is 11.8. The average molecular weight is 326 g/mol. The van der Waals surface area contributed by atoms with E-state index in [2.05, 4.69) is 30.3 Å². The lowest BCUT2D eigenvalue weighted by Gasteiger charge is -2.27. The number of esters is 1. The summed E-state index contributed by atoms with van der Waals surface area (Å²) in [6.45, 7) is 2.41. The lowest BCUT2D eigenvalue weighted by molar-refractivity contribution is -0.150. The van der Waals surface area contributed by atoms with E-state index < -0.39 is 6.04 Å². The minimum absolute atomic E-state index is 0.0364. The molecule has 3 unspecified atom stereocenters. The Labute approximate surface area is 136 Å². The smallest absolute Gasteiger partial charge is 0.323 e. The van der Waals surface area contributed by atoms with Crippen LogP contribution in [0.5, 0.6) is 0 Å². The third kappa shape index (κ3) is 5.04. The third-order valence-corrected chi connectivity index (χ3v) is 4.50. The van der Waals surface area contributed by atoms with Crippen LogP contribution in [0.3, 0.4) is 0 Å². The van der Waals surface area contributed by atoms with Crippen molar-refractivity contribution < 1.29 is 14.3 Å². The van der Waals surface area contributed by atoms with Gasteiger partial charge in [0.25, 0.3) is 0 Å². The van der Waals surface area contributed by atoms with Crippen LogP contribution in [0.15, 0.2) is 24.0 Å². The molecule has 22 heavy (non-hydrogen) atoms. The quantitative estimate of drug-likeness (QED) is 0.724. The van der Waals surface area contributed by atoms with Crippen molar-refractivity contribution in [2.24, 2.45) is 5.73 Å². The van der Waals surface area contributed by atoms with Crippen LogP contribution in [0, 0.1) is 0 Å². The molecule has 2 aliphatic heterocycles. The molecule has 0 aliphatic carbocycles. The van der Waals surface area contributed by atoms with Crippen molar-refractivity contribution in [2.45, 2.75) is 51.0 Å². The fourth-order valence-electron chi connectivity index (χ4n) is 2.56. The molecule has 2 aliphatic rings. The van der Waals surface area contributed by atoms with Crippen LogP contribution in [0.4, 0.5) is 0 Å². The second-order valence-electron chi connectivity index (χ2n) is 5.82. The standard InChI is InChI=1S/C16H26N2O3S/c1-12-4-3-8-18(10-12)15-6-5-13(21-15)11-20-16(19)14(17)7-9-22-2/h3,8,10,13-15H,4-7,9,11,17H2,1-2H3. The molecule has 0 bridgehead atoms. The second-order valence-corrected chi connectivity index (χ2v) is 6.81. The Balaban J connectivity index is 1.71. The van der Waals surface area contributed by atoms with Gasteiger partial charge in [0.2, 0.25) is 0 Å². The number of carbonyl (C=O) groups is 1. The molecule has 124 valence electrons. The Kier molecular flexibility index (Phi) is 6.79. The molecule has 0 aromatic rings. The molecule has 0 aromatic carbocycles. The maximum absolute atomic E-state index is 11.8. The first-order valence-electron chi connectivity index (χ1n) is 7.78. The van der Waals surface area contributed by atoms with Crippen LogP contribution in [0.25, 0.3) is 0 Å². The predicted octanol–water partition coefficient (Wildman–Crippen LogP) is 2.24. The summed E-state index contributed by atoms with van der Waals surface area (Å²) in [6, 6.07) is -0.528. The van der Waals surface area contributed by atoms with Crippen LogP contribution < -0.4 is 5.73 Å². The van der Waals surface area contributed by atoms with Gasteiger partial charge in [-0.2, -0.15) is 11.8 Å². The van der Waals surface area contributed by atoms with Crippen molar-refractivity contribution in [3.8, 4) is 0 Å². The van der Waals surface area contributed by atoms with Gasteiger partial charge in [-0.25, -0.2) is 0 Å². The molecule has 6 heteroatoms. The van der Waals surface area contributed by atoms with E-state index in [1.54, 1.807) is 11.8 Å². The van der Waals surface area contributed by atoms with Gasteiger partial charge in [-0.05, 0) is 44.6 Å². The number of allylic oxidation sites excluding steroid dienone is 2. The first-order chi connectivity index (χ1) is 10.6. The van der Waals surface area contributed by atoms with E-state index in [4.69, 9.17) is 15.2 Å². The minimum atomic E-state index is -0.528. The normalized spacial score (nSPS) is 26.0. The van der Waals surface area contributed by atoms with E-state index in [9.17, 15) is 4.79 Å². The SMILES string of the molecule is CSCCC(N)C(=O)OCC1CCC(N2C=CCC(C)=C2)O1. The van der Waals surface area contributed by atoms with E-state index in [-0.39, 0.29) is 18.3 Å². The van der Waals surface area contributed by atoms with E-state index in [1.165, 1.54) is 5.57 Å². The number of ether oxygens (including phenoxy) is 2. The topological polar surface area (TPSA) is 64.8 Å². The fraction of sp³-hybridized carbons (Fsp3) is 0.688. The highest BCUT2D eigenvalue weighted by Gasteiger charge is 2.30. The number of rotatable bonds is 7. The number of hydrogen-bond donors (Lipinski definition) is 1. The first kappa shape index (κ1) is 17.4. The van der Waals surface area contributed by atoms with Crippen molar-refractivity contribution in [3.63, 3.8) is 0 Å². The van der Waals surface area contributed by atoms with E-state index in [0.717, 1.165) is 25.0 Å². The molecule has 0 amide bonds. The Morgan fingerprint density at radius 1 is 1.59 bits per heavy atom. The zero-order valence-electron chi connectivity index (χ0n) is 13.4. The lowest BCUT2D eigenvalue weighted by atomic mass is 10.2. The molecule has 5 nitrogen and oxygen atoms in total. The van der Waals surface area contributed by atoms with E-state index in [1.807, 2.05) is 6.26 Å². The molecule has 1 saturated heterocycles. The second kappa shape index (κ2) is 8.60. The van der Waals surface area contributed by atoms with Gasteiger partial charge in [0.1, 0.15) is 18.9 Å². The molecule has 0 spiro atoms. The maximum Gasteiger partial charge on any atom is 0.323 e. The van der Waals surface area contributed by atoms with Gasteiger partial charge < -0.3 is 20.1 Å². The van der Waals surface area contributed by atoms with Crippen molar-refractivity contribution >= 4 is 17.7 Å². The average Bonchev–Trinajstić information content (AvgIpc) is 2.99. The van der Waals surface area contributed by atoms with Crippen molar-refractivity contribution in [1.29, 1.82) is 0 Å². The Morgan fingerprint density at radius 3 is 3.14 bits per heavy atom. The van der Waals surface area contributed by atoms with Crippen molar-refractivity contribution in [3.05, 3.63) is 24.0 Å². The van der Waals surface area contributed by atoms with Gasteiger partial charge in [-0.15, -0.1) is 0 Å². The van der Waals surface area contributed by atoms with E-state index in [0.29, 0.717) is 13.0 Å². The predicted molar refractivity (Wildman–Crippen MR) is 89.2 cm³/mol. The number of thioether (sulfide) groups is 1. The molecule has 2 N–H and O–H groups in total. The largest absolute Gasteiger partial charge is 0.462 e. The van der Waals surface area contributed by atoms with Gasteiger partial charge in [0.05, 0.1) is 6.10 Å². The highest BCUT2D eigenvalue weighted by molar-refractivity contribution is 7.98. The third-order valence-electron chi connectivity index (χ3n) is 3.85.